The van der Waals surface area contributed by atoms with Gasteiger partial charge in [-0.15, -0.1) is 11.8 Å². The molecule has 0 N–H and O–H groups in total. The van der Waals surface area contributed by atoms with Crippen LogP contribution < -0.4 is 5.69 Å². The minimum absolute atomic E-state index is 0.118. The highest BCUT2D eigenvalue weighted by Crippen LogP contribution is 2.29. The minimum atomic E-state index is -0.118. The molecule has 0 fully saturated rings. The van der Waals surface area contributed by atoms with Crippen molar-refractivity contribution >= 4 is 34.8 Å². The van der Waals surface area contributed by atoms with Crippen molar-refractivity contribution in [3.63, 3.8) is 0 Å². The molecule has 0 amide bonds. The maximum atomic E-state index is 12.1. The van der Waals surface area contributed by atoms with Gasteiger partial charge in [-0.25, -0.2) is 9.79 Å². The Labute approximate surface area is 144 Å². The van der Waals surface area contributed by atoms with Gasteiger partial charge in [-0.3, -0.25) is 9.13 Å². The summed E-state index contributed by atoms with van der Waals surface area (Å²) >= 11 is 7.15. The number of nitrogens with zero attached hydrogens (tertiary/aromatic N) is 3. The topological polar surface area (TPSA) is 39.3 Å². The first-order chi connectivity index (χ1) is 11.1. The maximum absolute atomic E-state index is 12.1. The summed E-state index contributed by atoms with van der Waals surface area (Å²) in [6.45, 7) is 0. The van der Waals surface area contributed by atoms with E-state index in [1.54, 1.807) is 30.4 Å². The van der Waals surface area contributed by atoms with E-state index >= 15 is 0 Å². The van der Waals surface area contributed by atoms with Crippen LogP contribution in [0.1, 0.15) is 17.5 Å². The number of hydrogen-bond acceptors (Lipinski definition) is 4. The van der Waals surface area contributed by atoms with Crippen molar-refractivity contribution < 1.29 is 0 Å². The summed E-state index contributed by atoms with van der Waals surface area (Å²) in [6, 6.07) is 10.5. The number of aromatic nitrogens is 2. The van der Waals surface area contributed by atoms with E-state index in [1.165, 1.54) is 10.1 Å². The van der Waals surface area contributed by atoms with Crippen LogP contribution in [0.25, 0.3) is 0 Å². The molecule has 0 bridgehead atoms. The summed E-state index contributed by atoms with van der Waals surface area (Å²) < 4.78 is 3.71. The first-order valence-electron chi connectivity index (χ1n) is 7.61. The van der Waals surface area contributed by atoms with Crippen molar-refractivity contribution in [1.29, 1.82) is 0 Å². The first kappa shape index (κ1) is 16.2. The second-order valence-corrected chi connectivity index (χ2v) is 7.18. The zero-order valence-electron chi connectivity index (χ0n) is 13.3. The lowest BCUT2D eigenvalue weighted by molar-refractivity contribution is 0.696. The highest BCUT2D eigenvalue weighted by atomic mass is 32.2. The van der Waals surface area contributed by atoms with Gasteiger partial charge in [0, 0.05) is 26.1 Å². The molecule has 1 aromatic heterocycles. The Kier molecular flexibility index (Phi) is 4.82. The fourth-order valence-corrected chi connectivity index (χ4v) is 3.87. The van der Waals surface area contributed by atoms with Crippen LogP contribution in [0.3, 0.4) is 0 Å². The summed E-state index contributed by atoms with van der Waals surface area (Å²) in [6.07, 6.45) is 2.93. The summed E-state index contributed by atoms with van der Waals surface area (Å²) in [7, 11) is 3.47. The van der Waals surface area contributed by atoms with Gasteiger partial charge in [-0.2, -0.15) is 0 Å². The van der Waals surface area contributed by atoms with E-state index in [0.29, 0.717) is 4.64 Å². The van der Waals surface area contributed by atoms with E-state index in [-0.39, 0.29) is 5.69 Å². The smallest absolute Gasteiger partial charge is 0.287 e. The highest BCUT2D eigenvalue weighted by Gasteiger charge is 2.21. The Hall–Kier alpha value is -1.66. The fraction of sp³-hybridized carbons (Fsp3) is 0.353. The molecule has 0 saturated carbocycles. The molecule has 4 nitrogen and oxygen atoms in total. The molecule has 23 heavy (non-hydrogen) atoms. The monoisotopic (exact) mass is 345 g/mol. The number of aryl methyl sites for hydroxylation is 1. The molecule has 120 valence electrons. The van der Waals surface area contributed by atoms with Crippen molar-refractivity contribution in [2.45, 2.75) is 19.3 Å². The van der Waals surface area contributed by atoms with Crippen LogP contribution in [0.15, 0.2) is 40.1 Å². The van der Waals surface area contributed by atoms with Crippen LogP contribution >= 0.6 is 24.0 Å². The van der Waals surface area contributed by atoms with Crippen LogP contribution in [0.2, 0.25) is 0 Å². The summed E-state index contributed by atoms with van der Waals surface area (Å²) in [4.78, 5) is 16.7. The number of thioether (sulfide) groups is 1. The molecule has 0 unspecified atom stereocenters. The van der Waals surface area contributed by atoms with Gasteiger partial charge in [0.1, 0.15) is 10.5 Å². The Morgan fingerprint density at radius 1 is 1.22 bits per heavy atom. The molecule has 0 radical (unpaired) electrons. The number of rotatable bonds is 4. The lowest BCUT2D eigenvalue weighted by Crippen LogP contribution is -2.28. The van der Waals surface area contributed by atoms with Crippen molar-refractivity contribution in [2.24, 2.45) is 19.1 Å². The number of benzene rings is 1. The van der Waals surface area contributed by atoms with Crippen LogP contribution in [-0.2, 0) is 26.9 Å². The van der Waals surface area contributed by atoms with E-state index in [1.807, 2.05) is 6.07 Å². The predicted molar refractivity (Wildman–Crippen MR) is 99.5 cm³/mol. The van der Waals surface area contributed by atoms with E-state index in [2.05, 4.69) is 29.3 Å². The first-order valence-corrected chi connectivity index (χ1v) is 9.00. The van der Waals surface area contributed by atoms with Gasteiger partial charge >= 0.3 is 5.69 Å². The molecule has 1 aliphatic rings. The summed E-state index contributed by atoms with van der Waals surface area (Å²) in [5.41, 5.74) is 2.25. The standard InChI is InChI=1S/C17H19N3OS2/c1-19-15-13(16(22)20(2)17(19)21)11-14(18-15)23-10-6-9-12-7-4-3-5-8-12/h3-5,7-8H,6,9-11H2,1-2H3. The SMILES string of the molecule is Cn1c2c(c(=S)n(C)c1=O)CC(SCCCc1ccccc1)=N2. The van der Waals surface area contributed by atoms with E-state index in [4.69, 9.17) is 12.2 Å². The van der Waals surface area contributed by atoms with Gasteiger partial charge in [0.2, 0.25) is 0 Å². The normalized spacial score (nSPS) is 13.0. The molecule has 1 aliphatic heterocycles. The van der Waals surface area contributed by atoms with Crippen LogP contribution in [-0.4, -0.2) is 19.9 Å². The zero-order valence-corrected chi connectivity index (χ0v) is 14.9. The molecule has 2 aromatic rings. The average molecular weight is 345 g/mol. The lowest BCUT2D eigenvalue weighted by Gasteiger charge is -2.07. The van der Waals surface area contributed by atoms with Crippen molar-refractivity contribution in [3.05, 3.63) is 56.6 Å². The molecule has 0 atom stereocenters. The Balaban J connectivity index is 1.63. The number of fused-ring (bicyclic) bond motifs is 1. The van der Waals surface area contributed by atoms with Crippen LogP contribution in [0.5, 0.6) is 0 Å². The van der Waals surface area contributed by atoms with Crippen LogP contribution in [0.4, 0.5) is 5.82 Å². The van der Waals surface area contributed by atoms with Crippen molar-refractivity contribution in [3.8, 4) is 0 Å². The van der Waals surface area contributed by atoms with Gasteiger partial charge in [0.25, 0.3) is 0 Å². The second-order valence-electron chi connectivity index (χ2n) is 5.63. The molecule has 0 aliphatic carbocycles. The molecule has 6 heteroatoms. The molecule has 0 saturated heterocycles. The maximum Gasteiger partial charge on any atom is 0.330 e. The van der Waals surface area contributed by atoms with Gasteiger partial charge in [-0.05, 0) is 24.2 Å². The largest absolute Gasteiger partial charge is 0.330 e. The molecular formula is C17H19N3OS2. The van der Waals surface area contributed by atoms with Crippen molar-refractivity contribution in [1.82, 2.24) is 9.13 Å². The number of aliphatic imine (C=N–C) groups is 1. The minimum Gasteiger partial charge on any atom is -0.287 e. The Bertz CT molecular complexity index is 866. The average Bonchev–Trinajstić information content (AvgIpc) is 3.00. The number of hydrogen-bond donors (Lipinski definition) is 0. The molecule has 0 spiro atoms. The van der Waals surface area contributed by atoms with Gasteiger partial charge in [-0.1, -0.05) is 42.5 Å². The summed E-state index contributed by atoms with van der Waals surface area (Å²) in [5.74, 6) is 1.75. The van der Waals surface area contributed by atoms with Gasteiger partial charge in [0.05, 0.1) is 5.04 Å². The Morgan fingerprint density at radius 2 is 1.96 bits per heavy atom. The van der Waals surface area contributed by atoms with Gasteiger partial charge < -0.3 is 0 Å². The quantitative estimate of drug-likeness (QED) is 0.630. The fourth-order valence-electron chi connectivity index (χ4n) is 2.70. The molecule has 3 rings (SSSR count). The third-order valence-electron chi connectivity index (χ3n) is 4.00. The summed E-state index contributed by atoms with van der Waals surface area (Å²) in [5, 5.41) is 1.06. The second kappa shape index (κ2) is 6.84. The third kappa shape index (κ3) is 3.33. The molecular weight excluding hydrogens is 326 g/mol. The lowest BCUT2D eigenvalue weighted by atomic mass is 10.1. The highest BCUT2D eigenvalue weighted by molar-refractivity contribution is 8.14. The molecule has 1 aromatic carbocycles. The van der Waals surface area contributed by atoms with Crippen molar-refractivity contribution in [2.75, 3.05) is 5.75 Å². The van der Waals surface area contributed by atoms with Gasteiger partial charge in [0.15, 0.2) is 0 Å². The zero-order chi connectivity index (χ0) is 16.4. The predicted octanol–water partition coefficient (Wildman–Crippen LogP) is 3.41. The van der Waals surface area contributed by atoms with E-state index < -0.39 is 0 Å². The third-order valence-corrected chi connectivity index (χ3v) is 5.59. The molecule has 2 heterocycles. The van der Waals surface area contributed by atoms with Crippen LogP contribution in [0, 0.1) is 4.64 Å². The Morgan fingerprint density at radius 3 is 2.70 bits per heavy atom. The van der Waals surface area contributed by atoms with E-state index in [9.17, 15) is 4.79 Å². The van der Waals surface area contributed by atoms with E-state index in [0.717, 1.165) is 41.4 Å².